The monoisotopic (exact) mass is 438 g/mol. The first-order valence-corrected chi connectivity index (χ1v) is 13.2. The van der Waals surface area contributed by atoms with Crippen LogP contribution in [0.25, 0.3) is 0 Å². The topological polar surface area (TPSA) is 71.4 Å². The van der Waals surface area contributed by atoms with Gasteiger partial charge in [0.15, 0.2) is 0 Å². The van der Waals surface area contributed by atoms with Crippen LogP contribution in [0.5, 0.6) is 0 Å². The number of hydrogen-bond donors (Lipinski definition) is 1. The van der Waals surface area contributed by atoms with Gasteiger partial charge >= 0.3 is 5.97 Å². The SMILES string of the molecule is CS(=O)c1ccc(C(SCCCCCC(=O)O)c2ccc(S(C)=O)cc2)cc1. The number of carboxylic acid groups (broad SMARTS) is 1. The van der Waals surface area contributed by atoms with E-state index >= 15 is 0 Å². The average molecular weight is 439 g/mol. The zero-order valence-corrected chi connectivity index (χ0v) is 18.6. The van der Waals surface area contributed by atoms with Crippen molar-refractivity contribution in [2.45, 2.75) is 40.7 Å². The summed E-state index contributed by atoms with van der Waals surface area (Å²) in [5.74, 6) is 0.181. The quantitative estimate of drug-likeness (QED) is 0.518. The van der Waals surface area contributed by atoms with Crippen LogP contribution in [0.3, 0.4) is 0 Å². The molecule has 1 N–H and O–H groups in total. The van der Waals surface area contributed by atoms with Crippen LogP contribution in [-0.2, 0) is 26.4 Å². The smallest absolute Gasteiger partial charge is 0.303 e. The van der Waals surface area contributed by atoms with Gasteiger partial charge in [-0.05, 0) is 54.0 Å². The molecule has 0 aliphatic carbocycles. The van der Waals surface area contributed by atoms with Crippen molar-refractivity contribution in [1.29, 1.82) is 0 Å². The molecule has 0 heterocycles. The molecular weight excluding hydrogens is 412 g/mol. The maximum atomic E-state index is 11.7. The third-order valence-electron chi connectivity index (χ3n) is 4.35. The molecule has 2 rings (SSSR count). The predicted molar refractivity (Wildman–Crippen MR) is 118 cm³/mol. The van der Waals surface area contributed by atoms with Gasteiger partial charge in [0.2, 0.25) is 0 Å². The van der Waals surface area contributed by atoms with E-state index in [1.54, 1.807) is 12.5 Å². The van der Waals surface area contributed by atoms with Crippen LogP contribution in [0.15, 0.2) is 58.3 Å². The normalized spacial score (nSPS) is 14.4. The van der Waals surface area contributed by atoms with Crippen molar-refractivity contribution in [3.63, 3.8) is 0 Å². The number of unbranched alkanes of at least 4 members (excludes halogenated alkanes) is 2. The summed E-state index contributed by atoms with van der Waals surface area (Å²) in [6.07, 6.45) is 6.12. The molecule has 152 valence electrons. The maximum absolute atomic E-state index is 11.7. The molecule has 0 radical (unpaired) electrons. The van der Waals surface area contributed by atoms with Gasteiger partial charge in [0.05, 0.1) is 5.25 Å². The number of benzene rings is 2. The summed E-state index contributed by atoms with van der Waals surface area (Å²) in [4.78, 5) is 12.2. The van der Waals surface area contributed by atoms with E-state index in [-0.39, 0.29) is 11.7 Å². The molecule has 0 amide bonds. The number of carboxylic acids is 1. The second kappa shape index (κ2) is 11.5. The molecule has 4 nitrogen and oxygen atoms in total. The number of aliphatic carboxylic acids is 1. The van der Waals surface area contributed by atoms with E-state index in [0.29, 0.717) is 6.42 Å². The molecule has 0 saturated carbocycles. The standard InChI is InChI=1S/C21H26O4S3/c1-27(24)18-11-7-16(8-12-18)21(26-15-5-3-4-6-20(22)23)17-9-13-19(14-10-17)28(2)25/h7-14,21H,3-6,15H2,1-2H3,(H,22,23). The second-order valence-corrected chi connectivity index (χ2v) is 10.5. The van der Waals surface area contributed by atoms with Gasteiger partial charge in [0, 0.05) is 50.3 Å². The van der Waals surface area contributed by atoms with Gasteiger partial charge in [-0.25, -0.2) is 0 Å². The van der Waals surface area contributed by atoms with E-state index in [0.717, 1.165) is 39.5 Å². The maximum Gasteiger partial charge on any atom is 0.303 e. The number of rotatable bonds is 11. The van der Waals surface area contributed by atoms with Gasteiger partial charge in [0.1, 0.15) is 0 Å². The molecule has 0 bridgehead atoms. The van der Waals surface area contributed by atoms with Gasteiger partial charge in [-0.3, -0.25) is 13.2 Å². The minimum absolute atomic E-state index is 0.123. The Kier molecular flexibility index (Phi) is 9.41. The Morgan fingerprint density at radius 3 is 1.71 bits per heavy atom. The van der Waals surface area contributed by atoms with E-state index in [4.69, 9.17) is 5.11 Å². The van der Waals surface area contributed by atoms with E-state index < -0.39 is 27.6 Å². The highest BCUT2D eigenvalue weighted by Gasteiger charge is 2.15. The predicted octanol–water partition coefficient (Wildman–Crippen LogP) is 4.63. The Hall–Kier alpha value is -1.44. The van der Waals surface area contributed by atoms with Crippen molar-refractivity contribution in [3.05, 3.63) is 59.7 Å². The summed E-state index contributed by atoms with van der Waals surface area (Å²) in [5, 5.41) is 8.85. The fraction of sp³-hybridized carbons (Fsp3) is 0.381. The summed E-state index contributed by atoms with van der Waals surface area (Å²) in [6, 6.07) is 15.7. The molecule has 0 saturated heterocycles. The Morgan fingerprint density at radius 2 is 1.32 bits per heavy atom. The highest BCUT2D eigenvalue weighted by molar-refractivity contribution is 7.99. The summed E-state index contributed by atoms with van der Waals surface area (Å²) in [6.45, 7) is 0. The van der Waals surface area contributed by atoms with Crippen molar-refractivity contribution in [3.8, 4) is 0 Å². The Morgan fingerprint density at radius 1 is 0.857 bits per heavy atom. The van der Waals surface area contributed by atoms with Crippen molar-refractivity contribution in [2.75, 3.05) is 18.3 Å². The van der Waals surface area contributed by atoms with Gasteiger partial charge in [0.25, 0.3) is 0 Å². The molecule has 0 spiro atoms. The van der Waals surface area contributed by atoms with Crippen molar-refractivity contribution < 1.29 is 18.3 Å². The minimum Gasteiger partial charge on any atom is -0.481 e. The fourth-order valence-electron chi connectivity index (χ4n) is 2.81. The Balaban J connectivity index is 2.12. The third-order valence-corrected chi connectivity index (χ3v) is 7.62. The molecule has 0 aliphatic heterocycles. The third kappa shape index (κ3) is 7.18. The molecular formula is C21H26O4S3. The highest BCUT2D eigenvalue weighted by Crippen LogP contribution is 2.37. The largest absolute Gasteiger partial charge is 0.481 e. The van der Waals surface area contributed by atoms with E-state index in [9.17, 15) is 13.2 Å². The van der Waals surface area contributed by atoms with E-state index in [1.165, 1.54) is 0 Å². The van der Waals surface area contributed by atoms with Crippen LogP contribution in [-0.4, -0.2) is 37.8 Å². The van der Waals surface area contributed by atoms with Crippen LogP contribution in [0.4, 0.5) is 0 Å². The molecule has 0 aromatic heterocycles. The molecule has 28 heavy (non-hydrogen) atoms. The molecule has 2 aromatic rings. The first-order valence-electron chi connectivity index (χ1n) is 9.08. The second-order valence-electron chi connectivity index (χ2n) is 6.50. The van der Waals surface area contributed by atoms with Crippen LogP contribution >= 0.6 is 11.8 Å². The van der Waals surface area contributed by atoms with Crippen LogP contribution in [0, 0.1) is 0 Å². The average Bonchev–Trinajstić information content (AvgIpc) is 2.67. The molecule has 7 heteroatoms. The number of thioether (sulfide) groups is 1. The van der Waals surface area contributed by atoms with Crippen LogP contribution in [0.2, 0.25) is 0 Å². The van der Waals surface area contributed by atoms with Crippen molar-refractivity contribution in [1.82, 2.24) is 0 Å². The first-order chi connectivity index (χ1) is 13.4. The van der Waals surface area contributed by atoms with E-state index in [2.05, 4.69) is 0 Å². The fourth-order valence-corrected chi connectivity index (χ4v) is 5.15. The van der Waals surface area contributed by atoms with Crippen molar-refractivity contribution in [2.24, 2.45) is 0 Å². The lowest BCUT2D eigenvalue weighted by molar-refractivity contribution is -0.137. The molecule has 2 unspecified atom stereocenters. The molecule has 2 atom stereocenters. The lowest BCUT2D eigenvalue weighted by Crippen LogP contribution is -2.00. The lowest BCUT2D eigenvalue weighted by atomic mass is 10.0. The van der Waals surface area contributed by atoms with Gasteiger partial charge < -0.3 is 5.11 Å². The van der Waals surface area contributed by atoms with Gasteiger partial charge in [-0.1, -0.05) is 30.7 Å². The van der Waals surface area contributed by atoms with Crippen LogP contribution < -0.4 is 0 Å². The highest BCUT2D eigenvalue weighted by atomic mass is 32.2. The molecule has 0 fully saturated rings. The van der Waals surface area contributed by atoms with Crippen LogP contribution in [0.1, 0.15) is 42.1 Å². The van der Waals surface area contributed by atoms with Gasteiger partial charge in [-0.2, -0.15) is 0 Å². The Bertz CT molecular complexity index is 759. The number of hydrogen-bond acceptors (Lipinski definition) is 4. The zero-order chi connectivity index (χ0) is 20.5. The summed E-state index contributed by atoms with van der Waals surface area (Å²) < 4.78 is 23.3. The Labute approximate surface area is 176 Å². The lowest BCUT2D eigenvalue weighted by Gasteiger charge is -2.18. The molecule has 0 aliphatic rings. The zero-order valence-electron chi connectivity index (χ0n) is 16.1. The molecule has 2 aromatic carbocycles. The first kappa shape index (κ1) is 22.8. The van der Waals surface area contributed by atoms with E-state index in [1.807, 2.05) is 60.3 Å². The van der Waals surface area contributed by atoms with Gasteiger partial charge in [-0.15, -0.1) is 11.8 Å². The summed E-state index contributed by atoms with van der Waals surface area (Å²) in [5.41, 5.74) is 2.27. The van der Waals surface area contributed by atoms with Crippen molar-refractivity contribution >= 4 is 39.3 Å². The summed E-state index contributed by atoms with van der Waals surface area (Å²) >= 11 is 1.82. The number of carbonyl (C=O) groups is 1. The minimum atomic E-state index is -1.00. The summed E-state index contributed by atoms with van der Waals surface area (Å²) in [7, 11) is -2.01.